The second-order valence-electron chi connectivity index (χ2n) is 8.27. The van der Waals surface area contributed by atoms with Crippen LogP contribution in [0.1, 0.15) is 11.1 Å². The van der Waals surface area contributed by atoms with Gasteiger partial charge in [-0.15, -0.1) is 10.2 Å². The smallest absolute Gasteiger partial charge is 0.260 e. The zero-order valence-electron chi connectivity index (χ0n) is 20.1. The molecule has 1 saturated heterocycles. The molecule has 4 rings (SSSR count). The molecular formula is C26H30N4O4. The van der Waals surface area contributed by atoms with Gasteiger partial charge >= 0.3 is 0 Å². The van der Waals surface area contributed by atoms with Crippen LogP contribution >= 0.6 is 0 Å². The van der Waals surface area contributed by atoms with E-state index >= 15 is 0 Å². The minimum absolute atomic E-state index is 0.00817. The van der Waals surface area contributed by atoms with Crippen LogP contribution in [0.2, 0.25) is 0 Å². The maximum atomic E-state index is 12.6. The van der Waals surface area contributed by atoms with Crippen molar-refractivity contribution in [2.24, 2.45) is 0 Å². The zero-order chi connectivity index (χ0) is 24.1. The number of methoxy groups -OCH3 is 2. The number of anilines is 1. The van der Waals surface area contributed by atoms with Crippen LogP contribution in [-0.4, -0.2) is 68.0 Å². The first-order valence-corrected chi connectivity index (χ1v) is 11.3. The van der Waals surface area contributed by atoms with Crippen LogP contribution in [0.15, 0.2) is 48.5 Å². The van der Waals surface area contributed by atoms with Crippen LogP contribution in [-0.2, 0) is 4.79 Å². The highest BCUT2D eigenvalue weighted by atomic mass is 16.5. The molecule has 1 aromatic heterocycles. The normalized spacial score (nSPS) is 13.5. The maximum Gasteiger partial charge on any atom is 0.260 e. The molecule has 178 valence electrons. The molecule has 1 aliphatic rings. The summed E-state index contributed by atoms with van der Waals surface area (Å²) < 4.78 is 16.5. The fraction of sp³-hybridized carbons (Fsp3) is 0.346. The van der Waals surface area contributed by atoms with Crippen molar-refractivity contribution in [3.8, 4) is 28.5 Å². The lowest BCUT2D eigenvalue weighted by atomic mass is 10.1. The number of carbonyl (C=O) groups excluding carboxylic acids is 1. The summed E-state index contributed by atoms with van der Waals surface area (Å²) in [6.07, 6.45) is 0. The van der Waals surface area contributed by atoms with E-state index < -0.39 is 0 Å². The summed E-state index contributed by atoms with van der Waals surface area (Å²) in [4.78, 5) is 16.6. The van der Waals surface area contributed by atoms with E-state index in [0.29, 0.717) is 37.6 Å². The number of ether oxygens (including phenoxy) is 3. The number of piperazine rings is 1. The van der Waals surface area contributed by atoms with E-state index in [4.69, 9.17) is 14.2 Å². The Labute approximate surface area is 200 Å². The lowest BCUT2D eigenvalue weighted by Gasteiger charge is -2.35. The monoisotopic (exact) mass is 462 g/mol. The molecule has 0 bridgehead atoms. The fourth-order valence-corrected chi connectivity index (χ4v) is 4.03. The van der Waals surface area contributed by atoms with Crippen molar-refractivity contribution in [3.63, 3.8) is 0 Å². The number of hydrogen-bond donors (Lipinski definition) is 0. The number of aryl methyl sites for hydroxylation is 2. The number of hydrogen-bond acceptors (Lipinski definition) is 7. The lowest BCUT2D eigenvalue weighted by Crippen LogP contribution is -2.50. The number of aromatic nitrogens is 2. The van der Waals surface area contributed by atoms with Crippen LogP contribution in [0, 0.1) is 13.8 Å². The van der Waals surface area contributed by atoms with Gasteiger partial charge in [-0.25, -0.2) is 0 Å². The third-order valence-corrected chi connectivity index (χ3v) is 5.97. The summed E-state index contributed by atoms with van der Waals surface area (Å²) in [7, 11) is 3.25. The molecule has 0 atom stereocenters. The van der Waals surface area contributed by atoms with Crippen LogP contribution in [0.25, 0.3) is 11.3 Å². The molecule has 1 fully saturated rings. The van der Waals surface area contributed by atoms with E-state index in [0.717, 1.165) is 28.4 Å². The highest BCUT2D eigenvalue weighted by Crippen LogP contribution is 2.32. The Balaban J connectivity index is 1.34. The summed E-state index contributed by atoms with van der Waals surface area (Å²) in [6, 6.07) is 15.4. The van der Waals surface area contributed by atoms with Gasteiger partial charge in [-0.05, 0) is 55.8 Å². The molecule has 2 aromatic carbocycles. The van der Waals surface area contributed by atoms with Gasteiger partial charge in [-0.2, -0.15) is 0 Å². The van der Waals surface area contributed by atoms with Crippen LogP contribution in [0.3, 0.4) is 0 Å². The highest BCUT2D eigenvalue weighted by Gasteiger charge is 2.23. The topological polar surface area (TPSA) is 77.0 Å². The summed E-state index contributed by atoms with van der Waals surface area (Å²) in [5, 5.41) is 8.84. The van der Waals surface area contributed by atoms with Gasteiger partial charge in [0, 0.05) is 31.7 Å². The molecule has 0 spiro atoms. The number of amides is 1. The van der Waals surface area contributed by atoms with E-state index in [-0.39, 0.29) is 12.5 Å². The van der Waals surface area contributed by atoms with Gasteiger partial charge in [0.25, 0.3) is 5.91 Å². The second-order valence-corrected chi connectivity index (χ2v) is 8.27. The third-order valence-electron chi connectivity index (χ3n) is 5.97. The van der Waals surface area contributed by atoms with Crippen molar-refractivity contribution in [1.29, 1.82) is 0 Å². The highest BCUT2D eigenvalue weighted by molar-refractivity contribution is 5.78. The van der Waals surface area contributed by atoms with Gasteiger partial charge in [-0.3, -0.25) is 4.79 Å². The molecular weight excluding hydrogens is 432 g/mol. The minimum Gasteiger partial charge on any atom is -0.497 e. The van der Waals surface area contributed by atoms with Gasteiger partial charge in [0.1, 0.15) is 17.2 Å². The molecule has 0 radical (unpaired) electrons. The number of carbonyl (C=O) groups is 1. The molecule has 0 N–H and O–H groups in total. The van der Waals surface area contributed by atoms with Crippen molar-refractivity contribution in [3.05, 3.63) is 59.7 Å². The molecule has 0 saturated carbocycles. The van der Waals surface area contributed by atoms with Crippen molar-refractivity contribution in [2.45, 2.75) is 13.8 Å². The Morgan fingerprint density at radius 1 is 0.882 bits per heavy atom. The molecule has 0 aliphatic carbocycles. The van der Waals surface area contributed by atoms with Gasteiger partial charge in [0.05, 0.1) is 19.9 Å². The Bertz CT molecular complexity index is 1140. The molecule has 1 amide bonds. The Hall–Kier alpha value is -3.81. The van der Waals surface area contributed by atoms with Crippen LogP contribution in [0.4, 0.5) is 5.82 Å². The molecule has 3 aromatic rings. The Morgan fingerprint density at radius 3 is 2.29 bits per heavy atom. The summed E-state index contributed by atoms with van der Waals surface area (Å²) in [6.45, 7) is 6.67. The van der Waals surface area contributed by atoms with Gasteiger partial charge in [-0.1, -0.05) is 17.7 Å². The van der Waals surface area contributed by atoms with Gasteiger partial charge < -0.3 is 24.0 Å². The van der Waals surface area contributed by atoms with Crippen molar-refractivity contribution in [1.82, 2.24) is 15.1 Å². The van der Waals surface area contributed by atoms with E-state index in [1.165, 1.54) is 5.56 Å². The summed E-state index contributed by atoms with van der Waals surface area (Å²) in [5.74, 6) is 2.96. The fourth-order valence-electron chi connectivity index (χ4n) is 4.03. The van der Waals surface area contributed by atoms with Crippen LogP contribution < -0.4 is 19.1 Å². The Morgan fingerprint density at radius 2 is 1.65 bits per heavy atom. The van der Waals surface area contributed by atoms with Crippen molar-refractivity contribution in [2.75, 3.05) is 51.9 Å². The largest absolute Gasteiger partial charge is 0.497 e. The Kier molecular flexibility index (Phi) is 7.15. The van der Waals surface area contributed by atoms with E-state index in [1.807, 2.05) is 61.2 Å². The first kappa shape index (κ1) is 23.4. The first-order valence-electron chi connectivity index (χ1n) is 11.3. The van der Waals surface area contributed by atoms with Gasteiger partial charge in [0.15, 0.2) is 12.4 Å². The van der Waals surface area contributed by atoms with E-state index in [2.05, 4.69) is 21.2 Å². The lowest BCUT2D eigenvalue weighted by molar-refractivity contribution is -0.133. The average molecular weight is 463 g/mol. The number of nitrogens with zero attached hydrogens (tertiary/aromatic N) is 4. The second kappa shape index (κ2) is 10.4. The predicted octanol–water partition coefficient (Wildman–Crippen LogP) is 3.51. The quantitative estimate of drug-likeness (QED) is 0.532. The molecule has 8 nitrogen and oxygen atoms in total. The zero-order valence-corrected chi connectivity index (χ0v) is 20.1. The SMILES string of the molecule is COc1ccc(OC)c(-c2ccc(N3CCN(C(=O)COc4ccc(C)cc4C)CC3)nn2)c1. The standard InChI is InChI=1S/C26H30N4O4/c1-18-5-8-23(19(2)15-18)34-17-26(31)30-13-11-29(12-14-30)25-10-7-22(27-28-25)21-16-20(32-3)6-9-24(21)33-4/h5-10,15-16H,11-14,17H2,1-4H3. The number of benzene rings is 2. The summed E-state index contributed by atoms with van der Waals surface area (Å²) in [5.41, 5.74) is 3.73. The predicted molar refractivity (Wildman–Crippen MR) is 131 cm³/mol. The average Bonchev–Trinajstić information content (AvgIpc) is 2.88. The van der Waals surface area contributed by atoms with Gasteiger partial charge in [0.2, 0.25) is 0 Å². The van der Waals surface area contributed by atoms with E-state index in [1.54, 1.807) is 14.2 Å². The first-order chi connectivity index (χ1) is 16.5. The molecule has 1 aliphatic heterocycles. The van der Waals surface area contributed by atoms with Crippen molar-refractivity contribution >= 4 is 11.7 Å². The molecule has 0 unspecified atom stereocenters. The number of rotatable bonds is 7. The minimum atomic E-state index is -0.00817. The van der Waals surface area contributed by atoms with Crippen molar-refractivity contribution < 1.29 is 19.0 Å². The molecule has 8 heteroatoms. The molecule has 34 heavy (non-hydrogen) atoms. The van der Waals surface area contributed by atoms with Crippen LogP contribution in [0.5, 0.6) is 17.2 Å². The third kappa shape index (κ3) is 5.22. The molecule has 2 heterocycles. The summed E-state index contributed by atoms with van der Waals surface area (Å²) >= 11 is 0. The van der Waals surface area contributed by atoms with E-state index in [9.17, 15) is 4.79 Å². The maximum absolute atomic E-state index is 12.6.